The number of rotatable bonds is 7. The van der Waals surface area contributed by atoms with Gasteiger partial charge >= 0.3 is 0 Å². The molecule has 0 aliphatic carbocycles. The van der Waals surface area contributed by atoms with Gasteiger partial charge in [-0.15, -0.1) is 0 Å². The van der Waals surface area contributed by atoms with Crippen LogP contribution in [0.15, 0.2) is 4.90 Å². The quantitative estimate of drug-likeness (QED) is 0.809. The highest BCUT2D eigenvalue weighted by molar-refractivity contribution is 7.89. The van der Waals surface area contributed by atoms with Crippen LogP contribution >= 0.6 is 0 Å². The molecule has 0 unspecified atom stereocenters. The van der Waals surface area contributed by atoms with E-state index in [-0.39, 0.29) is 11.5 Å². The Labute approximate surface area is 115 Å². The molecule has 1 heterocycles. The van der Waals surface area contributed by atoms with Crippen molar-refractivity contribution in [3.63, 3.8) is 0 Å². The molecule has 7 heteroatoms. The molecule has 0 amide bonds. The van der Waals surface area contributed by atoms with E-state index in [1.807, 2.05) is 6.92 Å². The zero-order valence-electron chi connectivity index (χ0n) is 12.0. The van der Waals surface area contributed by atoms with Gasteiger partial charge in [-0.25, -0.2) is 12.7 Å². The monoisotopic (exact) mass is 289 g/mol. The van der Waals surface area contributed by atoms with Crippen LogP contribution in [-0.2, 0) is 16.6 Å². The zero-order valence-corrected chi connectivity index (χ0v) is 12.9. The summed E-state index contributed by atoms with van der Waals surface area (Å²) in [5.41, 5.74) is 1.06. The maximum absolute atomic E-state index is 12.5. The van der Waals surface area contributed by atoms with Gasteiger partial charge in [0, 0.05) is 13.6 Å². The third-order valence-corrected chi connectivity index (χ3v) is 5.23. The second kappa shape index (κ2) is 6.49. The Morgan fingerprint density at radius 1 is 1.37 bits per heavy atom. The summed E-state index contributed by atoms with van der Waals surface area (Å²) in [6.07, 6.45) is 1.78. The normalized spacial score (nSPS) is 12.3. The van der Waals surface area contributed by atoms with Gasteiger partial charge in [0.1, 0.15) is 4.90 Å². The summed E-state index contributed by atoms with van der Waals surface area (Å²) in [5.74, 6) is 0. The van der Waals surface area contributed by atoms with E-state index >= 15 is 0 Å². The van der Waals surface area contributed by atoms with Gasteiger partial charge in [-0.05, 0) is 20.3 Å². The van der Waals surface area contributed by atoms with Crippen molar-refractivity contribution in [2.75, 3.05) is 20.2 Å². The maximum Gasteiger partial charge on any atom is 0.246 e. The lowest BCUT2D eigenvalue weighted by Crippen LogP contribution is -2.28. The molecule has 0 fully saturated rings. The second-order valence-corrected chi connectivity index (χ2v) is 6.61. The fraction of sp³-hybridized carbons (Fsp3) is 0.750. The molecule has 0 saturated carbocycles. The number of hydrogen-bond acceptors (Lipinski definition) is 4. The van der Waals surface area contributed by atoms with Crippen LogP contribution in [0.25, 0.3) is 0 Å². The lowest BCUT2D eigenvalue weighted by molar-refractivity contribution is 0.267. The Morgan fingerprint density at radius 2 is 2.00 bits per heavy atom. The zero-order chi connectivity index (χ0) is 14.6. The van der Waals surface area contributed by atoms with Crippen LogP contribution < -0.4 is 0 Å². The smallest absolute Gasteiger partial charge is 0.246 e. The first-order valence-corrected chi connectivity index (χ1v) is 7.91. The lowest BCUT2D eigenvalue weighted by Gasteiger charge is -2.17. The SMILES string of the molecule is CCCCN(C)S(=O)(=O)c1c(C)nn(CCO)c1C. The molecular weight excluding hydrogens is 266 g/mol. The number of hydrogen-bond donors (Lipinski definition) is 1. The van der Waals surface area contributed by atoms with Gasteiger partial charge in [0.2, 0.25) is 10.0 Å². The van der Waals surface area contributed by atoms with E-state index in [1.165, 1.54) is 8.99 Å². The summed E-state index contributed by atoms with van der Waals surface area (Å²) in [6.45, 7) is 6.17. The number of aromatic nitrogens is 2. The number of unbranched alkanes of at least 4 members (excludes halogenated alkanes) is 1. The van der Waals surface area contributed by atoms with Crippen molar-refractivity contribution in [2.45, 2.75) is 45.1 Å². The Kier molecular flexibility index (Phi) is 5.51. The molecule has 0 spiro atoms. The van der Waals surface area contributed by atoms with Crippen molar-refractivity contribution in [2.24, 2.45) is 0 Å². The van der Waals surface area contributed by atoms with Gasteiger partial charge < -0.3 is 5.11 Å². The highest BCUT2D eigenvalue weighted by Gasteiger charge is 2.28. The van der Waals surface area contributed by atoms with Gasteiger partial charge in [-0.3, -0.25) is 4.68 Å². The summed E-state index contributed by atoms with van der Waals surface area (Å²) in [4.78, 5) is 0.263. The van der Waals surface area contributed by atoms with Gasteiger partial charge in [0.25, 0.3) is 0 Å². The molecule has 1 aromatic heterocycles. The minimum absolute atomic E-state index is 0.0624. The van der Waals surface area contributed by atoms with Crippen molar-refractivity contribution in [1.82, 2.24) is 14.1 Å². The van der Waals surface area contributed by atoms with Crippen LogP contribution in [0.4, 0.5) is 0 Å². The van der Waals surface area contributed by atoms with Gasteiger partial charge in [-0.1, -0.05) is 13.3 Å². The molecule has 1 rings (SSSR count). The van der Waals surface area contributed by atoms with E-state index in [2.05, 4.69) is 5.10 Å². The molecule has 1 aromatic rings. The first kappa shape index (κ1) is 16.1. The van der Waals surface area contributed by atoms with E-state index in [0.717, 1.165) is 12.8 Å². The summed E-state index contributed by atoms with van der Waals surface area (Å²) in [7, 11) is -1.91. The van der Waals surface area contributed by atoms with Crippen molar-refractivity contribution in [1.29, 1.82) is 0 Å². The van der Waals surface area contributed by atoms with Crippen molar-refractivity contribution < 1.29 is 13.5 Å². The average Bonchev–Trinajstić information content (AvgIpc) is 2.62. The highest BCUT2D eigenvalue weighted by Crippen LogP contribution is 2.22. The molecule has 6 nitrogen and oxygen atoms in total. The maximum atomic E-state index is 12.5. The molecule has 0 bridgehead atoms. The highest BCUT2D eigenvalue weighted by atomic mass is 32.2. The fourth-order valence-electron chi connectivity index (χ4n) is 2.02. The van der Waals surface area contributed by atoms with Crippen LogP contribution in [0, 0.1) is 13.8 Å². The van der Waals surface area contributed by atoms with E-state index in [1.54, 1.807) is 20.9 Å². The number of aliphatic hydroxyl groups is 1. The van der Waals surface area contributed by atoms with Crippen LogP contribution in [0.1, 0.15) is 31.2 Å². The van der Waals surface area contributed by atoms with E-state index in [0.29, 0.717) is 24.5 Å². The summed E-state index contributed by atoms with van der Waals surface area (Å²) >= 11 is 0. The molecule has 0 aliphatic rings. The average molecular weight is 289 g/mol. The van der Waals surface area contributed by atoms with Crippen molar-refractivity contribution in [3.05, 3.63) is 11.4 Å². The molecular formula is C12H23N3O3S. The van der Waals surface area contributed by atoms with E-state index in [4.69, 9.17) is 5.11 Å². The Bertz CT molecular complexity index is 523. The minimum atomic E-state index is -3.50. The Morgan fingerprint density at radius 3 is 2.53 bits per heavy atom. The van der Waals surface area contributed by atoms with Gasteiger partial charge in [-0.2, -0.15) is 5.10 Å². The molecule has 19 heavy (non-hydrogen) atoms. The predicted octanol–water partition coefficient (Wildman–Crippen LogP) is 0.913. The summed E-state index contributed by atoms with van der Waals surface area (Å²) < 4.78 is 27.9. The number of nitrogens with zero attached hydrogens (tertiary/aromatic N) is 3. The Balaban J connectivity index is 3.14. The molecule has 0 radical (unpaired) electrons. The number of aliphatic hydroxyl groups excluding tert-OH is 1. The molecule has 0 atom stereocenters. The minimum Gasteiger partial charge on any atom is -0.394 e. The Hall–Kier alpha value is -0.920. The molecule has 0 aromatic carbocycles. The fourth-order valence-corrected chi connectivity index (χ4v) is 3.60. The predicted molar refractivity (Wildman–Crippen MR) is 73.5 cm³/mol. The van der Waals surface area contributed by atoms with E-state index in [9.17, 15) is 8.42 Å². The first-order valence-electron chi connectivity index (χ1n) is 6.47. The molecule has 1 N–H and O–H groups in total. The number of sulfonamides is 1. The van der Waals surface area contributed by atoms with Crippen LogP contribution in [0.3, 0.4) is 0 Å². The van der Waals surface area contributed by atoms with E-state index < -0.39 is 10.0 Å². The molecule has 110 valence electrons. The third kappa shape index (κ3) is 3.34. The topological polar surface area (TPSA) is 75.4 Å². The molecule has 0 saturated heterocycles. The standard InChI is InChI=1S/C12H23N3O3S/c1-5-6-7-14(4)19(17,18)12-10(2)13-15(8-9-16)11(12)3/h16H,5-9H2,1-4H3. The third-order valence-electron chi connectivity index (χ3n) is 3.12. The van der Waals surface area contributed by atoms with Crippen LogP contribution in [-0.4, -0.2) is 47.8 Å². The van der Waals surface area contributed by atoms with Crippen molar-refractivity contribution >= 4 is 10.0 Å². The first-order chi connectivity index (χ1) is 8.86. The van der Waals surface area contributed by atoms with Gasteiger partial charge in [0.15, 0.2) is 0 Å². The largest absolute Gasteiger partial charge is 0.394 e. The van der Waals surface area contributed by atoms with Crippen molar-refractivity contribution in [3.8, 4) is 0 Å². The molecule has 0 aliphatic heterocycles. The van der Waals surface area contributed by atoms with Crippen LogP contribution in [0.5, 0.6) is 0 Å². The summed E-state index contributed by atoms with van der Waals surface area (Å²) in [6, 6.07) is 0. The number of aryl methyl sites for hydroxylation is 1. The van der Waals surface area contributed by atoms with Crippen LogP contribution in [0.2, 0.25) is 0 Å². The van der Waals surface area contributed by atoms with Gasteiger partial charge in [0.05, 0.1) is 24.5 Å². The summed E-state index contributed by atoms with van der Waals surface area (Å²) in [5, 5.41) is 13.1. The second-order valence-electron chi connectivity index (χ2n) is 4.63. The lowest BCUT2D eigenvalue weighted by atomic mass is 10.3.